The summed E-state index contributed by atoms with van der Waals surface area (Å²) in [5.74, 6) is 1.54. The van der Waals surface area contributed by atoms with Crippen LogP contribution in [0.1, 0.15) is 0 Å². The molecule has 12 aromatic rings. The van der Waals surface area contributed by atoms with Crippen LogP contribution in [0.3, 0.4) is 0 Å². The van der Waals surface area contributed by atoms with Crippen LogP contribution in [0.25, 0.3) is 95.0 Å². The van der Waals surface area contributed by atoms with Crippen LogP contribution in [0.15, 0.2) is 134 Å². The summed E-state index contributed by atoms with van der Waals surface area (Å²) < 4.78 is 16.3. The monoisotopic (exact) mass is 662 g/mol. The van der Waals surface area contributed by atoms with Gasteiger partial charge in [-0.1, -0.05) is 48.5 Å². The summed E-state index contributed by atoms with van der Waals surface area (Å²) in [7, 11) is 0. The Morgan fingerprint density at radius 2 is 0.898 bits per heavy atom. The zero-order valence-electron chi connectivity index (χ0n) is 25.7. The Bertz CT molecular complexity index is 3160. The first kappa shape index (κ1) is 26.0. The van der Waals surface area contributed by atoms with E-state index in [1.807, 2.05) is 35.1 Å². The lowest BCUT2D eigenvalue weighted by Gasteiger charge is -2.13. The molecule has 0 saturated carbocycles. The molecule has 12 rings (SSSR count). The van der Waals surface area contributed by atoms with Gasteiger partial charge in [0, 0.05) is 86.7 Å². The molecule has 0 amide bonds. The molecule has 5 nitrogen and oxygen atoms in total. The second-order valence-corrected chi connectivity index (χ2v) is 14.8. The molecule has 6 heterocycles. The first-order valence-corrected chi connectivity index (χ1v) is 17.9. The first-order chi connectivity index (χ1) is 24.3. The number of imidazole rings is 2. The van der Waals surface area contributed by atoms with E-state index in [1.165, 1.54) is 62.2 Å². The molecule has 0 fully saturated rings. The van der Waals surface area contributed by atoms with Gasteiger partial charge in [-0.25, -0.2) is 9.97 Å². The molecule has 0 aliphatic heterocycles. The highest BCUT2D eigenvalue weighted by Gasteiger charge is 2.18. The zero-order valence-corrected chi connectivity index (χ0v) is 27.3. The van der Waals surface area contributed by atoms with Crippen molar-refractivity contribution >= 4 is 118 Å². The van der Waals surface area contributed by atoms with Gasteiger partial charge in [-0.05, 0) is 71.4 Å². The zero-order chi connectivity index (χ0) is 31.8. The normalized spacial score (nSPS) is 12.5. The van der Waals surface area contributed by atoms with Crippen LogP contribution in [0.5, 0.6) is 11.5 Å². The Labute approximate surface area is 285 Å². The smallest absolute Gasteiger partial charge is 0.145 e. The van der Waals surface area contributed by atoms with E-state index in [9.17, 15) is 0 Å². The van der Waals surface area contributed by atoms with Crippen LogP contribution in [-0.4, -0.2) is 18.8 Å². The lowest BCUT2D eigenvalue weighted by Crippen LogP contribution is -1.93. The van der Waals surface area contributed by atoms with Crippen LogP contribution in [-0.2, 0) is 0 Å². The Hall–Kier alpha value is -6.02. The molecule has 0 saturated heterocycles. The Morgan fingerprint density at radius 1 is 0.429 bits per heavy atom. The number of hydrogen-bond acceptors (Lipinski definition) is 5. The molecular weight excluding hydrogens is 641 g/mol. The number of benzene rings is 6. The van der Waals surface area contributed by atoms with Crippen LogP contribution in [0.4, 0.5) is 0 Å². The summed E-state index contributed by atoms with van der Waals surface area (Å²) in [6, 6.07) is 39.1. The number of aromatic nitrogens is 4. The SMILES string of the molecule is c1ccc2c(c1)sc1ccc3c4ccc(Oc5ccc6c(c5)c5nccn5c5c6ccc6sc7ccccc7c65)cc4c4nccn4c3c12. The van der Waals surface area contributed by atoms with E-state index in [4.69, 9.17) is 14.7 Å². The van der Waals surface area contributed by atoms with E-state index in [0.717, 1.165) is 44.3 Å². The fourth-order valence-electron chi connectivity index (χ4n) is 8.05. The summed E-state index contributed by atoms with van der Waals surface area (Å²) in [4.78, 5) is 9.70. The van der Waals surface area contributed by atoms with E-state index < -0.39 is 0 Å². The van der Waals surface area contributed by atoms with E-state index in [-0.39, 0.29) is 0 Å². The standard InChI is InChI=1S/C42H22N4OS2/c1-3-7-33-29(5-1)37-35(48-33)15-13-27-25-11-9-23(21-31(25)41-43-17-19-45(41)39(27)37)47-24-10-12-26-28-14-16-36-38(30-6-2-4-8-34(30)49-36)40(28)46-20-18-44-42(46)32(26)22-24/h1-22H. The molecule has 6 aromatic carbocycles. The molecule has 0 atom stereocenters. The minimum Gasteiger partial charge on any atom is -0.457 e. The molecule has 0 unspecified atom stereocenters. The number of fused-ring (bicyclic) bond motifs is 20. The highest BCUT2D eigenvalue weighted by Crippen LogP contribution is 2.44. The average Bonchev–Trinajstić information content (AvgIpc) is 3.95. The third-order valence-electron chi connectivity index (χ3n) is 10.1. The number of ether oxygens (including phenoxy) is 1. The minimum atomic E-state index is 0.768. The van der Waals surface area contributed by atoms with E-state index in [2.05, 4.69) is 130 Å². The predicted molar refractivity (Wildman–Crippen MR) is 206 cm³/mol. The Balaban J connectivity index is 1.04. The van der Waals surface area contributed by atoms with Crippen molar-refractivity contribution in [3.05, 3.63) is 134 Å². The minimum absolute atomic E-state index is 0.768. The maximum atomic E-state index is 6.63. The predicted octanol–water partition coefficient (Wildman–Crippen LogP) is 12.1. The highest BCUT2D eigenvalue weighted by molar-refractivity contribution is 7.26. The fraction of sp³-hybridized carbons (Fsp3) is 0. The van der Waals surface area contributed by atoms with E-state index in [0.29, 0.717) is 0 Å². The van der Waals surface area contributed by atoms with Crippen molar-refractivity contribution in [1.29, 1.82) is 0 Å². The molecule has 6 aromatic heterocycles. The lowest BCUT2D eigenvalue weighted by molar-refractivity contribution is 0.484. The van der Waals surface area contributed by atoms with Crippen LogP contribution < -0.4 is 4.74 Å². The molecule has 0 aliphatic rings. The van der Waals surface area contributed by atoms with Crippen LogP contribution >= 0.6 is 22.7 Å². The van der Waals surface area contributed by atoms with Gasteiger partial charge in [0.1, 0.15) is 22.8 Å². The molecule has 0 radical (unpaired) electrons. The molecule has 0 spiro atoms. The summed E-state index contributed by atoms with van der Waals surface area (Å²) in [5, 5.41) is 12.0. The van der Waals surface area contributed by atoms with Crippen molar-refractivity contribution < 1.29 is 4.74 Å². The molecular formula is C42H22N4OS2. The molecule has 0 N–H and O–H groups in total. The van der Waals surface area contributed by atoms with Crippen molar-refractivity contribution in [2.45, 2.75) is 0 Å². The van der Waals surface area contributed by atoms with Gasteiger partial charge >= 0.3 is 0 Å². The first-order valence-electron chi connectivity index (χ1n) is 16.2. The van der Waals surface area contributed by atoms with Crippen molar-refractivity contribution in [3.63, 3.8) is 0 Å². The number of nitrogens with zero attached hydrogens (tertiary/aromatic N) is 4. The van der Waals surface area contributed by atoms with Gasteiger partial charge in [-0.2, -0.15) is 0 Å². The fourth-order valence-corrected chi connectivity index (χ4v) is 10.3. The van der Waals surface area contributed by atoms with Crippen LogP contribution in [0, 0.1) is 0 Å². The van der Waals surface area contributed by atoms with Crippen molar-refractivity contribution in [3.8, 4) is 11.5 Å². The third kappa shape index (κ3) is 3.42. The summed E-state index contributed by atoms with van der Waals surface area (Å²) in [6.07, 6.45) is 7.94. The van der Waals surface area contributed by atoms with Gasteiger partial charge in [0.2, 0.25) is 0 Å². The molecule has 0 aliphatic carbocycles. The van der Waals surface area contributed by atoms with Gasteiger partial charge in [-0.3, -0.25) is 8.80 Å². The summed E-state index contributed by atoms with van der Waals surface area (Å²) in [5.41, 5.74) is 4.24. The third-order valence-corrected chi connectivity index (χ3v) is 12.3. The maximum absolute atomic E-state index is 6.63. The summed E-state index contributed by atoms with van der Waals surface area (Å²) in [6.45, 7) is 0. The lowest BCUT2D eigenvalue weighted by atomic mass is 10.0. The number of hydrogen-bond donors (Lipinski definition) is 0. The second kappa shape index (κ2) is 9.32. The highest BCUT2D eigenvalue weighted by atomic mass is 32.1. The van der Waals surface area contributed by atoms with Gasteiger partial charge in [0.15, 0.2) is 0 Å². The van der Waals surface area contributed by atoms with Crippen LogP contribution in [0.2, 0.25) is 0 Å². The second-order valence-electron chi connectivity index (χ2n) is 12.6. The van der Waals surface area contributed by atoms with Crippen molar-refractivity contribution in [2.24, 2.45) is 0 Å². The Morgan fingerprint density at radius 3 is 1.41 bits per heavy atom. The molecule has 0 bridgehead atoms. The Kier molecular flexibility index (Phi) is 4.94. The topological polar surface area (TPSA) is 43.8 Å². The van der Waals surface area contributed by atoms with Crippen molar-refractivity contribution in [2.75, 3.05) is 0 Å². The van der Waals surface area contributed by atoms with Gasteiger partial charge in [0.25, 0.3) is 0 Å². The van der Waals surface area contributed by atoms with E-state index in [1.54, 1.807) is 0 Å². The maximum Gasteiger partial charge on any atom is 0.145 e. The quantitative estimate of drug-likeness (QED) is 0.173. The van der Waals surface area contributed by atoms with E-state index >= 15 is 0 Å². The van der Waals surface area contributed by atoms with Gasteiger partial charge in [0.05, 0.1) is 11.0 Å². The number of thiophene rings is 2. The number of pyridine rings is 2. The molecule has 228 valence electrons. The average molecular weight is 663 g/mol. The molecule has 7 heteroatoms. The van der Waals surface area contributed by atoms with Crippen molar-refractivity contribution in [1.82, 2.24) is 18.8 Å². The molecule has 49 heavy (non-hydrogen) atoms. The number of rotatable bonds is 2. The largest absolute Gasteiger partial charge is 0.457 e. The van der Waals surface area contributed by atoms with Gasteiger partial charge in [-0.15, -0.1) is 22.7 Å². The summed E-state index contributed by atoms with van der Waals surface area (Å²) >= 11 is 3.68. The van der Waals surface area contributed by atoms with Gasteiger partial charge < -0.3 is 4.74 Å².